The van der Waals surface area contributed by atoms with Gasteiger partial charge in [0.1, 0.15) is 10.6 Å². The van der Waals surface area contributed by atoms with Gasteiger partial charge in [-0.05, 0) is 30.5 Å². The van der Waals surface area contributed by atoms with Crippen LogP contribution in [0.25, 0.3) is 0 Å². The van der Waals surface area contributed by atoms with E-state index in [9.17, 15) is 18.0 Å². The second-order valence-electron chi connectivity index (χ2n) is 5.38. The minimum Gasteiger partial charge on any atom is -0.465 e. The topological polar surface area (TPSA) is 89.5 Å². The molecule has 1 aromatic heterocycles. The molecule has 0 aliphatic carbocycles. The molecule has 1 heterocycles. The number of carbonyl (C=O) groups excluding carboxylic acids is 2. The summed E-state index contributed by atoms with van der Waals surface area (Å²) in [4.78, 5) is 23.6. The van der Waals surface area contributed by atoms with Gasteiger partial charge in [-0.2, -0.15) is 0 Å². The smallest absolute Gasteiger partial charge is 0.348 e. The highest BCUT2D eigenvalue weighted by atomic mass is 32.2. The molecule has 0 fully saturated rings. The van der Waals surface area contributed by atoms with Crippen molar-refractivity contribution in [1.82, 2.24) is 0 Å². The lowest BCUT2D eigenvalue weighted by Gasteiger charge is -2.05. The van der Waals surface area contributed by atoms with E-state index < -0.39 is 27.5 Å². The van der Waals surface area contributed by atoms with Gasteiger partial charge in [0.15, 0.2) is 9.84 Å². The molecule has 6 nitrogen and oxygen atoms in total. The van der Waals surface area contributed by atoms with Crippen molar-refractivity contribution >= 4 is 38.1 Å². The third-order valence-electron chi connectivity index (χ3n) is 3.37. The van der Waals surface area contributed by atoms with Gasteiger partial charge < -0.3 is 10.1 Å². The van der Waals surface area contributed by atoms with Crippen molar-refractivity contribution in [2.75, 3.05) is 23.9 Å². The molecule has 0 aliphatic heterocycles. The fourth-order valence-electron chi connectivity index (χ4n) is 2.20. The van der Waals surface area contributed by atoms with Crippen LogP contribution in [0.4, 0.5) is 5.00 Å². The summed E-state index contributed by atoms with van der Waals surface area (Å²) in [5, 5.41) is 2.91. The Kier molecular flexibility index (Phi) is 6.72. The van der Waals surface area contributed by atoms with E-state index in [1.807, 2.05) is 30.3 Å². The van der Waals surface area contributed by atoms with E-state index in [0.717, 1.165) is 16.9 Å². The van der Waals surface area contributed by atoms with E-state index in [1.54, 1.807) is 0 Å². The van der Waals surface area contributed by atoms with Crippen LogP contribution in [0.1, 0.15) is 21.7 Å². The third kappa shape index (κ3) is 6.32. The van der Waals surface area contributed by atoms with Crippen molar-refractivity contribution in [3.05, 3.63) is 52.9 Å². The number of hydrogen-bond donors (Lipinski definition) is 1. The number of carbonyl (C=O) groups is 2. The second-order valence-corrected chi connectivity index (χ2v) is 8.65. The zero-order chi connectivity index (χ0) is 18.3. The Bertz CT molecular complexity index is 828. The molecule has 1 amide bonds. The number of thiophene rings is 1. The van der Waals surface area contributed by atoms with Crippen LogP contribution < -0.4 is 5.32 Å². The summed E-state index contributed by atoms with van der Waals surface area (Å²) in [6.45, 7) is 0. The van der Waals surface area contributed by atoms with E-state index in [2.05, 4.69) is 10.1 Å². The van der Waals surface area contributed by atoms with Crippen molar-refractivity contribution < 1.29 is 22.7 Å². The highest BCUT2D eigenvalue weighted by molar-refractivity contribution is 7.92. The van der Waals surface area contributed by atoms with Gasteiger partial charge in [0, 0.05) is 0 Å². The molecule has 0 saturated heterocycles. The van der Waals surface area contributed by atoms with Crippen LogP contribution in [0.15, 0.2) is 42.5 Å². The minimum absolute atomic E-state index is 0.0484. The van der Waals surface area contributed by atoms with E-state index in [4.69, 9.17) is 0 Å². The number of anilines is 1. The van der Waals surface area contributed by atoms with Crippen molar-refractivity contribution in [3.8, 4) is 0 Å². The number of rotatable bonds is 8. The molecule has 0 radical (unpaired) electrons. The van der Waals surface area contributed by atoms with Crippen molar-refractivity contribution in [3.63, 3.8) is 0 Å². The van der Waals surface area contributed by atoms with Gasteiger partial charge in [0.2, 0.25) is 5.91 Å². The third-order valence-corrected chi connectivity index (χ3v) is 5.96. The Hall–Kier alpha value is -2.19. The highest BCUT2D eigenvalue weighted by Crippen LogP contribution is 2.22. The number of sulfone groups is 1. The number of ether oxygens (including phenoxy) is 1. The molecule has 2 rings (SSSR count). The maximum absolute atomic E-state index is 12.0. The van der Waals surface area contributed by atoms with E-state index >= 15 is 0 Å². The number of esters is 1. The quantitative estimate of drug-likeness (QED) is 0.710. The molecule has 134 valence electrons. The lowest BCUT2D eigenvalue weighted by Crippen LogP contribution is -2.24. The summed E-state index contributed by atoms with van der Waals surface area (Å²) in [6, 6.07) is 12.6. The Balaban J connectivity index is 1.82. The van der Waals surface area contributed by atoms with E-state index in [1.165, 1.54) is 19.2 Å². The minimum atomic E-state index is -3.48. The van der Waals surface area contributed by atoms with Gasteiger partial charge in [-0.15, -0.1) is 11.3 Å². The molecule has 1 N–H and O–H groups in total. The lowest BCUT2D eigenvalue weighted by atomic mass is 10.1. The maximum Gasteiger partial charge on any atom is 0.348 e. The van der Waals surface area contributed by atoms with Crippen LogP contribution in [0.2, 0.25) is 0 Å². The van der Waals surface area contributed by atoms with Crippen LogP contribution >= 0.6 is 11.3 Å². The Morgan fingerprint density at radius 3 is 2.52 bits per heavy atom. The van der Waals surface area contributed by atoms with Crippen LogP contribution in [-0.4, -0.2) is 38.9 Å². The summed E-state index contributed by atoms with van der Waals surface area (Å²) in [6.07, 6.45) is 1.11. The normalized spacial score (nSPS) is 11.1. The first-order valence-corrected chi connectivity index (χ1v) is 10.3. The van der Waals surface area contributed by atoms with Gasteiger partial charge in [0.05, 0.1) is 17.9 Å². The summed E-state index contributed by atoms with van der Waals surface area (Å²) >= 11 is 1.03. The molecule has 8 heteroatoms. The van der Waals surface area contributed by atoms with Gasteiger partial charge in [-0.25, -0.2) is 13.2 Å². The molecular weight excluding hydrogens is 362 g/mol. The molecule has 0 atom stereocenters. The van der Waals surface area contributed by atoms with Gasteiger partial charge >= 0.3 is 5.97 Å². The number of benzene rings is 1. The predicted molar refractivity (Wildman–Crippen MR) is 97.7 cm³/mol. The van der Waals surface area contributed by atoms with Crippen LogP contribution in [-0.2, 0) is 25.8 Å². The second kappa shape index (κ2) is 8.77. The molecule has 0 spiro atoms. The van der Waals surface area contributed by atoms with Gasteiger partial charge in [-0.1, -0.05) is 30.3 Å². The lowest BCUT2D eigenvalue weighted by molar-refractivity contribution is -0.113. The average molecular weight is 381 g/mol. The zero-order valence-electron chi connectivity index (χ0n) is 13.7. The van der Waals surface area contributed by atoms with Crippen LogP contribution in [0, 0.1) is 0 Å². The predicted octanol–water partition coefficient (Wildman–Crippen LogP) is 2.52. The van der Waals surface area contributed by atoms with Gasteiger partial charge in [0.25, 0.3) is 0 Å². The molecular formula is C17H19NO5S2. The number of aryl methyl sites for hydroxylation is 1. The maximum atomic E-state index is 12.0. The fraction of sp³-hybridized carbons (Fsp3) is 0.294. The Morgan fingerprint density at radius 2 is 1.84 bits per heavy atom. The molecule has 25 heavy (non-hydrogen) atoms. The number of hydrogen-bond acceptors (Lipinski definition) is 6. The largest absolute Gasteiger partial charge is 0.465 e. The summed E-state index contributed by atoms with van der Waals surface area (Å²) in [5.41, 5.74) is 1.07. The fourth-order valence-corrected chi connectivity index (χ4v) is 4.24. The average Bonchev–Trinajstić information content (AvgIpc) is 3.02. The van der Waals surface area contributed by atoms with Crippen molar-refractivity contribution in [2.45, 2.75) is 12.8 Å². The molecule has 0 saturated carbocycles. The summed E-state index contributed by atoms with van der Waals surface area (Å²) in [7, 11) is -2.22. The SMILES string of the molecule is COC(=O)c1ccc(NC(=O)CS(=O)(=O)CCCc2ccccc2)s1. The molecule has 0 unspecified atom stereocenters. The summed E-state index contributed by atoms with van der Waals surface area (Å²) in [5.74, 6) is -1.74. The first-order chi connectivity index (χ1) is 11.9. The number of nitrogens with one attached hydrogen (secondary N) is 1. The molecule has 0 bridgehead atoms. The monoisotopic (exact) mass is 381 g/mol. The molecule has 0 aliphatic rings. The van der Waals surface area contributed by atoms with E-state index in [-0.39, 0.29) is 5.75 Å². The standard InChI is InChI=1S/C17H19NO5S2/c1-23-17(20)14-9-10-16(24-14)18-15(19)12-25(21,22)11-5-8-13-6-3-2-4-7-13/h2-4,6-7,9-10H,5,8,11-12H2,1H3,(H,18,19). The number of amides is 1. The van der Waals surface area contributed by atoms with Gasteiger partial charge in [-0.3, -0.25) is 4.79 Å². The van der Waals surface area contributed by atoms with Crippen molar-refractivity contribution in [1.29, 1.82) is 0 Å². The highest BCUT2D eigenvalue weighted by Gasteiger charge is 2.18. The van der Waals surface area contributed by atoms with Crippen LogP contribution in [0.3, 0.4) is 0 Å². The van der Waals surface area contributed by atoms with Crippen LogP contribution in [0.5, 0.6) is 0 Å². The van der Waals surface area contributed by atoms with Crippen molar-refractivity contribution in [2.24, 2.45) is 0 Å². The van der Waals surface area contributed by atoms with E-state index in [0.29, 0.717) is 22.7 Å². The Labute approximate surface area is 150 Å². The zero-order valence-corrected chi connectivity index (χ0v) is 15.4. The molecule has 2 aromatic rings. The first kappa shape index (κ1) is 19.1. The molecule has 1 aromatic carbocycles. The first-order valence-electron chi connectivity index (χ1n) is 7.62. The number of methoxy groups -OCH3 is 1. The summed E-state index contributed by atoms with van der Waals surface area (Å²) < 4.78 is 28.7. The Morgan fingerprint density at radius 1 is 1.12 bits per heavy atom.